The second-order valence-corrected chi connectivity index (χ2v) is 10.1. The van der Waals surface area contributed by atoms with Crippen LogP contribution in [0.5, 0.6) is 0 Å². The molecule has 0 bridgehead atoms. The van der Waals surface area contributed by atoms with Crippen LogP contribution in [-0.2, 0) is 4.79 Å². The maximum Gasteiger partial charge on any atom is 0.262 e. The molecule has 3 amide bonds. The molecule has 6 nitrogen and oxygen atoms in total. The molecule has 6 heteroatoms. The third-order valence-corrected chi connectivity index (χ3v) is 7.98. The lowest BCUT2D eigenvalue weighted by Crippen LogP contribution is -2.57. The number of aliphatic hydroxyl groups is 1. The Morgan fingerprint density at radius 1 is 0.684 bits per heavy atom. The molecule has 38 heavy (non-hydrogen) atoms. The molecule has 0 saturated carbocycles. The fourth-order valence-electron chi connectivity index (χ4n) is 6.09. The summed E-state index contributed by atoms with van der Waals surface area (Å²) in [7, 11) is 0. The van der Waals surface area contributed by atoms with Crippen molar-refractivity contribution in [1.29, 1.82) is 0 Å². The van der Waals surface area contributed by atoms with Gasteiger partial charge >= 0.3 is 0 Å². The lowest BCUT2D eigenvalue weighted by molar-refractivity contribution is -0.127. The zero-order chi connectivity index (χ0) is 26.2. The number of benzene rings is 4. The number of carbonyl (C=O) groups excluding carboxylic acids is 3. The summed E-state index contributed by atoms with van der Waals surface area (Å²) in [5.74, 6) is -1.89. The summed E-state index contributed by atoms with van der Waals surface area (Å²) < 4.78 is 0. The van der Waals surface area contributed by atoms with Gasteiger partial charge in [-0.2, -0.15) is 0 Å². The van der Waals surface area contributed by atoms with E-state index >= 15 is 0 Å². The van der Waals surface area contributed by atoms with Gasteiger partial charge in [0.25, 0.3) is 11.8 Å². The van der Waals surface area contributed by atoms with E-state index in [2.05, 4.69) is 35.6 Å². The van der Waals surface area contributed by atoms with Crippen molar-refractivity contribution in [2.75, 3.05) is 6.61 Å². The molecule has 2 unspecified atom stereocenters. The second kappa shape index (κ2) is 9.88. The first-order valence-electron chi connectivity index (χ1n) is 13.0. The molecule has 0 aromatic heterocycles. The summed E-state index contributed by atoms with van der Waals surface area (Å²) in [4.78, 5) is 42.0. The van der Waals surface area contributed by atoms with E-state index in [1.807, 2.05) is 42.5 Å². The van der Waals surface area contributed by atoms with Crippen LogP contribution in [0.4, 0.5) is 0 Å². The van der Waals surface area contributed by atoms with E-state index < -0.39 is 35.7 Å². The number of imide groups is 1. The summed E-state index contributed by atoms with van der Waals surface area (Å²) in [6, 6.07) is 29.1. The SMILES string of the molecule is O=C1N[C@H](CO)C(c2ccc3ccccc3c2)CC[C@H](c2ccccc2)C1N1C(=O)c2ccccc2C1=O. The van der Waals surface area contributed by atoms with Crippen molar-refractivity contribution in [3.8, 4) is 0 Å². The van der Waals surface area contributed by atoms with Gasteiger partial charge in [0.2, 0.25) is 5.91 Å². The highest BCUT2D eigenvalue weighted by Gasteiger charge is 2.48. The van der Waals surface area contributed by atoms with E-state index in [-0.39, 0.29) is 12.5 Å². The van der Waals surface area contributed by atoms with Crippen LogP contribution in [0.25, 0.3) is 10.8 Å². The number of nitrogens with zero attached hydrogens (tertiary/aromatic N) is 1. The fourth-order valence-corrected chi connectivity index (χ4v) is 6.09. The molecule has 2 aliphatic rings. The quantitative estimate of drug-likeness (QED) is 0.397. The van der Waals surface area contributed by atoms with Crippen molar-refractivity contribution in [2.45, 2.75) is 36.8 Å². The summed E-state index contributed by atoms with van der Waals surface area (Å²) in [6.07, 6.45) is 1.21. The van der Waals surface area contributed by atoms with Crippen LogP contribution in [0.1, 0.15) is 56.5 Å². The first-order valence-corrected chi connectivity index (χ1v) is 13.0. The third kappa shape index (κ3) is 4.07. The van der Waals surface area contributed by atoms with Gasteiger partial charge in [0, 0.05) is 11.8 Å². The van der Waals surface area contributed by atoms with E-state index in [0.717, 1.165) is 26.8 Å². The average molecular weight is 505 g/mol. The van der Waals surface area contributed by atoms with Crippen LogP contribution < -0.4 is 5.32 Å². The minimum Gasteiger partial charge on any atom is -0.394 e. The van der Waals surface area contributed by atoms with Crippen LogP contribution in [0.2, 0.25) is 0 Å². The van der Waals surface area contributed by atoms with Gasteiger partial charge in [-0.1, -0.05) is 84.9 Å². The predicted molar refractivity (Wildman–Crippen MR) is 145 cm³/mol. The maximum absolute atomic E-state index is 14.0. The Morgan fingerprint density at radius 3 is 1.97 bits per heavy atom. The molecule has 1 fully saturated rings. The Bertz CT molecular complexity index is 1500. The number of hydrogen-bond acceptors (Lipinski definition) is 4. The molecule has 4 atom stereocenters. The Kier molecular flexibility index (Phi) is 6.26. The van der Waals surface area contributed by atoms with Crippen LogP contribution in [0.15, 0.2) is 97.1 Å². The molecule has 2 aliphatic heterocycles. The van der Waals surface area contributed by atoms with Crippen molar-refractivity contribution in [3.05, 3.63) is 119 Å². The first kappa shape index (κ1) is 24.1. The summed E-state index contributed by atoms with van der Waals surface area (Å²) in [5.41, 5.74) is 2.55. The average Bonchev–Trinajstić information content (AvgIpc) is 3.20. The van der Waals surface area contributed by atoms with E-state index in [1.54, 1.807) is 24.3 Å². The smallest absolute Gasteiger partial charge is 0.262 e. The van der Waals surface area contributed by atoms with E-state index in [0.29, 0.717) is 24.0 Å². The number of amides is 3. The van der Waals surface area contributed by atoms with Crippen LogP contribution in [0, 0.1) is 0 Å². The second-order valence-electron chi connectivity index (χ2n) is 10.1. The monoisotopic (exact) mass is 504 g/mol. The molecule has 6 rings (SSSR count). The van der Waals surface area contributed by atoms with Gasteiger partial charge in [0.15, 0.2) is 0 Å². The number of rotatable bonds is 4. The van der Waals surface area contributed by atoms with Crippen LogP contribution in [0.3, 0.4) is 0 Å². The summed E-state index contributed by atoms with van der Waals surface area (Å²) in [6.45, 7) is -0.256. The summed E-state index contributed by atoms with van der Waals surface area (Å²) in [5, 5.41) is 15.6. The Morgan fingerprint density at radius 2 is 1.29 bits per heavy atom. The van der Waals surface area contributed by atoms with Gasteiger partial charge in [-0.3, -0.25) is 19.3 Å². The van der Waals surface area contributed by atoms with Gasteiger partial charge in [-0.15, -0.1) is 0 Å². The molecule has 4 aromatic rings. The van der Waals surface area contributed by atoms with Crippen molar-refractivity contribution in [1.82, 2.24) is 10.2 Å². The molecular formula is C32H28N2O4. The Hall–Kier alpha value is -4.29. The molecule has 0 aliphatic carbocycles. The van der Waals surface area contributed by atoms with Crippen molar-refractivity contribution in [3.63, 3.8) is 0 Å². The van der Waals surface area contributed by atoms with E-state index in [1.165, 1.54) is 0 Å². The summed E-state index contributed by atoms with van der Waals surface area (Å²) >= 11 is 0. The Balaban J connectivity index is 1.41. The highest BCUT2D eigenvalue weighted by Crippen LogP contribution is 2.39. The zero-order valence-corrected chi connectivity index (χ0v) is 20.8. The highest BCUT2D eigenvalue weighted by molar-refractivity contribution is 6.23. The molecule has 0 spiro atoms. The van der Waals surface area contributed by atoms with Gasteiger partial charge in [-0.25, -0.2) is 0 Å². The fraction of sp³-hybridized carbons (Fsp3) is 0.219. The van der Waals surface area contributed by atoms with Gasteiger partial charge in [-0.05, 0) is 46.9 Å². The minimum atomic E-state index is -1.03. The van der Waals surface area contributed by atoms with Crippen LogP contribution >= 0.6 is 0 Å². The standard InChI is InChI=1S/C32H28N2O4/c35-19-28-24(23-15-14-20-8-4-5-11-22(20)18-23)16-17-25(21-9-2-1-3-10-21)29(30(36)33-28)34-31(37)26-12-6-7-13-27(26)32(34)38/h1-15,18,24-25,28-29,35H,16-17,19H2,(H,33,36)/t24?,25-,28-,29?/m1/s1. The molecule has 4 aromatic carbocycles. The van der Waals surface area contributed by atoms with Gasteiger partial charge in [0.1, 0.15) is 6.04 Å². The topological polar surface area (TPSA) is 86.7 Å². The number of hydrogen-bond donors (Lipinski definition) is 2. The normalized spacial score (nSPS) is 23.6. The Labute approximate surface area is 220 Å². The molecule has 0 radical (unpaired) electrons. The molecule has 1 saturated heterocycles. The van der Waals surface area contributed by atoms with E-state index in [4.69, 9.17) is 0 Å². The number of nitrogens with one attached hydrogen (secondary N) is 1. The number of carbonyl (C=O) groups is 3. The lowest BCUT2D eigenvalue weighted by Gasteiger charge is -2.39. The maximum atomic E-state index is 14.0. The molecule has 190 valence electrons. The zero-order valence-electron chi connectivity index (χ0n) is 20.8. The van der Waals surface area contributed by atoms with Gasteiger partial charge in [0.05, 0.1) is 23.8 Å². The van der Waals surface area contributed by atoms with Gasteiger partial charge < -0.3 is 10.4 Å². The van der Waals surface area contributed by atoms with Crippen LogP contribution in [-0.4, -0.2) is 46.4 Å². The van der Waals surface area contributed by atoms with E-state index in [9.17, 15) is 19.5 Å². The largest absolute Gasteiger partial charge is 0.394 e. The van der Waals surface area contributed by atoms with Crippen molar-refractivity contribution < 1.29 is 19.5 Å². The predicted octanol–water partition coefficient (Wildman–Crippen LogP) is 4.64. The highest BCUT2D eigenvalue weighted by atomic mass is 16.3. The third-order valence-electron chi connectivity index (χ3n) is 7.98. The lowest BCUT2D eigenvalue weighted by atomic mass is 9.77. The molecular weight excluding hydrogens is 476 g/mol. The number of aliphatic hydroxyl groups excluding tert-OH is 1. The molecule has 2 N–H and O–H groups in total. The minimum absolute atomic E-state index is 0.136. The van der Waals surface area contributed by atoms with Crippen molar-refractivity contribution in [2.24, 2.45) is 0 Å². The number of fused-ring (bicyclic) bond motifs is 2. The first-order chi connectivity index (χ1) is 18.6. The molecule has 2 heterocycles. The van der Waals surface area contributed by atoms with Crippen molar-refractivity contribution >= 4 is 28.5 Å².